The van der Waals surface area contributed by atoms with Crippen LogP contribution in [0.5, 0.6) is 0 Å². The highest BCUT2D eigenvalue weighted by Crippen LogP contribution is 2.41. The van der Waals surface area contributed by atoms with Crippen molar-refractivity contribution in [3.8, 4) is 0 Å². The third-order valence-electron chi connectivity index (χ3n) is 5.65. The first-order chi connectivity index (χ1) is 8.42. The highest BCUT2D eigenvalue weighted by molar-refractivity contribution is 5.06. The van der Waals surface area contributed by atoms with Gasteiger partial charge < -0.3 is 0 Å². The first kappa shape index (κ1) is 10.6. The Balaban J connectivity index is 1.59. The van der Waals surface area contributed by atoms with Crippen molar-refractivity contribution in [3.63, 3.8) is 0 Å². The van der Waals surface area contributed by atoms with E-state index >= 15 is 0 Å². The third-order valence-corrected chi connectivity index (χ3v) is 5.65. The SMILES string of the molecule is C1=CCN2C[C@H]3C[C@H](CN4CCCC[C@@H]34)[C@H]2C1. The molecule has 0 spiro atoms. The van der Waals surface area contributed by atoms with Crippen molar-refractivity contribution in [2.75, 3.05) is 26.2 Å². The van der Waals surface area contributed by atoms with Gasteiger partial charge in [0.25, 0.3) is 0 Å². The summed E-state index contributed by atoms with van der Waals surface area (Å²) in [5, 5.41) is 0. The molecule has 2 bridgehead atoms. The Morgan fingerprint density at radius 2 is 1.76 bits per heavy atom. The zero-order valence-corrected chi connectivity index (χ0v) is 10.7. The summed E-state index contributed by atoms with van der Waals surface area (Å²) < 4.78 is 0. The Kier molecular flexibility index (Phi) is 2.55. The number of hydrogen-bond acceptors (Lipinski definition) is 2. The minimum atomic E-state index is 0.874. The van der Waals surface area contributed by atoms with Gasteiger partial charge in [-0.05, 0) is 44.1 Å². The van der Waals surface area contributed by atoms with Crippen molar-refractivity contribution < 1.29 is 0 Å². The maximum Gasteiger partial charge on any atom is 0.0174 e. The topological polar surface area (TPSA) is 6.48 Å². The fourth-order valence-electron chi connectivity index (χ4n) is 4.91. The fourth-order valence-corrected chi connectivity index (χ4v) is 4.91. The van der Waals surface area contributed by atoms with Crippen LogP contribution in [0.2, 0.25) is 0 Å². The molecule has 17 heavy (non-hydrogen) atoms. The molecule has 94 valence electrons. The molecule has 0 aliphatic carbocycles. The number of piperidine rings is 3. The van der Waals surface area contributed by atoms with Crippen LogP contribution >= 0.6 is 0 Å². The number of hydrogen-bond donors (Lipinski definition) is 0. The Bertz CT molecular complexity index is 325. The van der Waals surface area contributed by atoms with Gasteiger partial charge in [-0.15, -0.1) is 0 Å². The lowest BCUT2D eigenvalue weighted by molar-refractivity contribution is -0.0587. The molecular formula is C15H24N2. The average Bonchev–Trinajstić information content (AvgIpc) is 2.39. The van der Waals surface area contributed by atoms with Crippen LogP contribution in [0, 0.1) is 11.8 Å². The Morgan fingerprint density at radius 3 is 2.76 bits per heavy atom. The summed E-state index contributed by atoms with van der Waals surface area (Å²) in [7, 11) is 0. The number of rotatable bonds is 0. The molecular weight excluding hydrogens is 208 g/mol. The zero-order chi connectivity index (χ0) is 11.2. The van der Waals surface area contributed by atoms with Crippen LogP contribution in [-0.4, -0.2) is 48.1 Å². The lowest BCUT2D eigenvalue weighted by Gasteiger charge is -2.56. The van der Waals surface area contributed by atoms with Crippen molar-refractivity contribution in [3.05, 3.63) is 12.2 Å². The molecule has 4 heterocycles. The van der Waals surface area contributed by atoms with Crippen molar-refractivity contribution in [2.45, 2.75) is 44.2 Å². The van der Waals surface area contributed by atoms with E-state index in [1.54, 1.807) is 0 Å². The molecule has 0 N–H and O–H groups in total. The van der Waals surface area contributed by atoms with Crippen LogP contribution in [0.1, 0.15) is 32.1 Å². The van der Waals surface area contributed by atoms with E-state index in [1.807, 2.05) is 0 Å². The van der Waals surface area contributed by atoms with Crippen LogP contribution in [0.4, 0.5) is 0 Å². The second-order valence-electron chi connectivity index (χ2n) is 6.54. The third kappa shape index (κ3) is 1.68. The summed E-state index contributed by atoms with van der Waals surface area (Å²) in [6.07, 6.45) is 12.0. The molecule has 2 nitrogen and oxygen atoms in total. The maximum absolute atomic E-state index is 2.85. The maximum atomic E-state index is 2.85. The van der Waals surface area contributed by atoms with Crippen molar-refractivity contribution in [1.29, 1.82) is 0 Å². The summed E-state index contributed by atoms with van der Waals surface area (Å²) in [4.78, 5) is 5.63. The highest BCUT2D eigenvalue weighted by atomic mass is 15.2. The predicted octanol–water partition coefficient (Wildman–Crippen LogP) is 2.12. The van der Waals surface area contributed by atoms with Crippen LogP contribution in [0.15, 0.2) is 12.2 Å². The molecule has 4 rings (SSSR count). The quantitative estimate of drug-likeness (QED) is 0.590. The molecule has 4 atom stereocenters. The lowest BCUT2D eigenvalue weighted by Crippen LogP contribution is -2.62. The van der Waals surface area contributed by atoms with E-state index in [1.165, 1.54) is 58.3 Å². The smallest absolute Gasteiger partial charge is 0.0174 e. The fraction of sp³-hybridized carbons (Fsp3) is 0.867. The Hall–Kier alpha value is -0.340. The first-order valence-corrected chi connectivity index (χ1v) is 7.55. The van der Waals surface area contributed by atoms with Crippen LogP contribution in [0.25, 0.3) is 0 Å². The molecule has 0 radical (unpaired) electrons. The summed E-state index contributed by atoms with van der Waals surface area (Å²) in [6, 6.07) is 1.81. The van der Waals surface area contributed by atoms with E-state index in [-0.39, 0.29) is 0 Å². The molecule has 0 amide bonds. The first-order valence-electron chi connectivity index (χ1n) is 7.55. The van der Waals surface area contributed by atoms with E-state index in [9.17, 15) is 0 Å². The summed E-state index contributed by atoms with van der Waals surface area (Å²) in [6.45, 7) is 5.40. The molecule has 3 fully saturated rings. The van der Waals surface area contributed by atoms with E-state index in [4.69, 9.17) is 0 Å². The van der Waals surface area contributed by atoms with E-state index in [2.05, 4.69) is 22.0 Å². The minimum absolute atomic E-state index is 0.874. The molecule has 0 aromatic rings. The summed E-state index contributed by atoms with van der Waals surface area (Å²) in [5.74, 6) is 1.95. The molecule has 0 aromatic heterocycles. The summed E-state index contributed by atoms with van der Waals surface area (Å²) >= 11 is 0. The molecule has 0 unspecified atom stereocenters. The lowest BCUT2D eigenvalue weighted by atomic mass is 9.71. The van der Waals surface area contributed by atoms with Crippen molar-refractivity contribution >= 4 is 0 Å². The highest BCUT2D eigenvalue weighted by Gasteiger charge is 2.45. The van der Waals surface area contributed by atoms with Crippen molar-refractivity contribution in [2.24, 2.45) is 11.8 Å². The van der Waals surface area contributed by atoms with Gasteiger partial charge >= 0.3 is 0 Å². The number of fused-ring (bicyclic) bond motifs is 6. The predicted molar refractivity (Wildman–Crippen MR) is 69.9 cm³/mol. The molecule has 0 aromatic carbocycles. The second-order valence-corrected chi connectivity index (χ2v) is 6.54. The van der Waals surface area contributed by atoms with Gasteiger partial charge in [-0.1, -0.05) is 18.6 Å². The molecule has 4 aliphatic heterocycles. The van der Waals surface area contributed by atoms with Gasteiger partial charge in [0.15, 0.2) is 0 Å². The standard InChI is InChI=1S/C15H24N2/c1-3-7-16-11-13-9-12(14(16)5-1)10-17-8-4-2-6-15(13)17/h1,3,12-15H,2,4-11H2/t12-,13-,14-,15+/m1/s1. The Morgan fingerprint density at radius 1 is 0.882 bits per heavy atom. The van der Waals surface area contributed by atoms with Gasteiger partial charge in [-0.25, -0.2) is 0 Å². The molecule has 3 saturated heterocycles. The van der Waals surface area contributed by atoms with Crippen LogP contribution in [0.3, 0.4) is 0 Å². The van der Waals surface area contributed by atoms with Gasteiger partial charge in [0, 0.05) is 31.7 Å². The second kappa shape index (κ2) is 4.10. The normalized spacial score (nSPS) is 46.4. The zero-order valence-electron chi connectivity index (χ0n) is 10.7. The molecule has 4 aliphatic rings. The van der Waals surface area contributed by atoms with E-state index in [0.717, 1.165) is 23.9 Å². The van der Waals surface area contributed by atoms with E-state index in [0.29, 0.717) is 0 Å². The number of nitrogens with zero attached hydrogens (tertiary/aromatic N) is 2. The van der Waals surface area contributed by atoms with Crippen molar-refractivity contribution in [1.82, 2.24) is 9.80 Å². The minimum Gasteiger partial charge on any atom is -0.300 e. The van der Waals surface area contributed by atoms with Crippen LogP contribution in [-0.2, 0) is 0 Å². The molecule has 0 saturated carbocycles. The van der Waals surface area contributed by atoms with Gasteiger partial charge in [-0.2, -0.15) is 0 Å². The molecule has 2 heteroatoms. The largest absolute Gasteiger partial charge is 0.300 e. The van der Waals surface area contributed by atoms with Crippen LogP contribution < -0.4 is 0 Å². The average molecular weight is 232 g/mol. The van der Waals surface area contributed by atoms with Gasteiger partial charge in [0.1, 0.15) is 0 Å². The van der Waals surface area contributed by atoms with Gasteiger partial charge in [0.2, 0.25) is 0 Å². The monoisotopic (exact) mass is 232 g/mol. The van der Waals surface area contributed by atoms with E-state index < -0.39 is 0 Å². The summed E-state index contributed by atoms with van der Waals surface area (Å²) in [5.41, 5.74) is 0. The Labute approximate surface area is 105 Å². The van der Waals surface area contributed by atoms with Gasteiger partial charge in [0.05, 0.1) is 0 Å². The van der Waals surface area contributed by atoms with Gasteiger partial charge in [-0.3, -0.25) is 9.80 Å².